The van der Waals surface area contributed by atoms with Gasteiger partial charge in [-0.25, -0.2) is 9.78 Å². The van der Waals surface area contributed by atoms with Crippen LogP contribution >= 0.6 is 11.3 Å². The van der Waals surface area contributed by atoms with E-state index in [4.69, 9.17) is 9.15 Å². The summed E-state index contributed by atoms with van der Waals surface area (Å²) in [5.41, 5.74) is 1.51. The second-order valence-corrected chi connectivity index (χ2v) is 9.02. The highest BCUT2D eigenvalue weighted by Gasteiger charge is 2.28. The number of hydrogen-bond donors (Lipinski definition) is 2. The first-order valence-electron chi connectivity index (χ1n) is 10.5. The molecule has 0 saturated heterocycles. The molecule has 2 aromatic heterocycles. The molecular formula is C22H24N4O4S. The van der Waals surface area contributed by atoms with Crippen LogP contribution in [0.5, 0.6) is 5.75 Å². The van der Waals surface area contributed by atoms with E-state index in [2.05, 4.69) is 15.6 Å². The fourth-order valence-electron chi connectivity index (χ4n) is 4.27. The molecule has 162 valence electrons. The van der Waals surface area contributed by atoms with Crippen molar-refractivity contribution in [1.29, 1.82) is 0 Å². The Morgan fingerprint density at radius 2 is 2.13 bits per heavy atom. The van der Waals surface area contributed by atoms with E-state index in [9.17, 15) is 9.59 Å². The zero-order valence-electron chi connectivity index (χ0n) is 17.3. The predicted octanol–water partition coefficient (Wildman–Crippen LogP) is 4.16. The van der Waals surface area contributed by atoms with Gasteiger partial charge in [-0.05, 0) is 25.0 Å². The van der Waals surface area contributed by atoms with E-state index in [1.54, 1.807) is 18.1 Å². The van der Waals surface area contributed by atoms with Crippen LogP contribution in [0.3, 0.4) is 0 Å². The molecule has 3 aromatic rings. The molecule has 3 amide bonds. The highest BCUT2D eigenvalue weighted by Crippen LogP contribution is 2.32. The fraction of sp³-hybridized carbons (Fsp3) is 0.409. The second-order valence-electron chi connectivity index (χ2n) is 7.93. The predicted molar refractivity (Wildman–Crippen MR) is 118 cm³/mol. The number of carbonyl (C=O) groups is 2. The van der Waals surface area contributed by atoms with E-state index in [0.717, 1.165) is 28.8 Å². The van der Waals surface area contributed by atoms with Crippen molar-refractivity contribution in [3.63, 3.8) is 0 Å². The molecule has 1 fully saturated rings. The average molecular weight is 441 g/mol. The number of aromatic nitrogens is 1. The molecule has 2 aliphatic rings. The number of amides is 3. The average Bonchev–Trinajstić information content (AvgIpc) is 3.51. The van der Waals surface area contributed by atoms with Crippen LogP contribution in [0.15, 0.2) is 28.7 Å². The van der Waals surface area contributed by atoms with Crippen LogP contribution in [0.25, 0.3) is 11.0 Å². The first-order chi connectivity index (χ1) is 15.1. The van der Waals surface area contributed by atoms with Gasteiger partial charge in [0.1, 0.15) is 0 Å². The van der Waals surface area contributed by atoms with Gasteiger partial charge in [0.25, 0.3) is 5.91 Å². The fourth-order valence-corrected chi connectivity index (χ4v) is 5.29. The van der Waals surface area contributed by atoms with E-state index in [1.165, 1.54) is 24.2 Å². The molecule has 1 saturated carbocycles. The highest BCUT2D eigenvalue weighted by atomic mass is 32.1. The molecule has 1 aromatic carbocycles. The van der Waals surface area contributed by atoms with Crippen molar-refractivity contribution in [3.8, 4) is 5.75 Å². The number of para-hydroxylation sites is 1. The molecule has 3 heterocycles. The van der Waals surface area contributed by atoms with Gasteiger partial charge < -0.3 is 19.4 Å². The molecule has 0 radical (unpaired) electrons. The summed E-state index contributed by atoms with van der Waals surface area (Å²) in [7, 11) is 1.58. The van der Waals surface area contributed by atoms with E-state index < -0.39 is 0 Å². The normalized spacial score (nSPS) is 16.4. The number of carbonyl (C=O) groups excluding carboxylic acids is 2. The van der Waals surface area contributed by atoms with Crippen LogP contribution in [0, 0.1) is 0 Å². The first kappa shape index (κ1) is 19.9. The Hall–Kier alpha value is -3.07. The zero-order chi connectivity index (χ0) is 21.4. The number of nitrogens with one attached hydrogen (secondary N) is 2. The van der Waals surface area contributed by atoms with Gasteiger partial charge in [0.2, 0.25) is 0 Å². The third-order valence-corrected chi connectivity index (χ3v) is 6.87. The van der Waals surface area contributed by atoms with E-state index in [-0.39, 0.29) is 18.0 Å². The van der Waals surface area contributed by atoms with Crippen molar-refractivity contribution >= 4 is 39.4 Å². The van der Waals surface area contributed by atoms with Gasteiger partial charge in [0, 0.05) is 29.3 Å². The Labute approximate surface area is 183 Å². The second kappa shape index (κ2) is 8.22. The summed E-state index contributed by atoms with van der Waals surface area (Å²) in [6, 6.07) is 7.37. The number of methoxy groups -OCH3 is 1. The maximum absolute atomic E-state index is 13.1. The number of ether oxygens (including phenoxy) is 1. The molecule has 0 unspecified atom stereocenters. The van der Waals surface area contributed by atoms with Crippen LogP contribution in [0.2, 0.25) is 0 Å². The molecular weight excluding hydrogens is 416 g/mol. The number of fused-ring (bicyclic) bond motifs is 2. The van der Waals surface area contributed by atoms with Crippen molar-refractivity contribution < 1.29 is 18.7 Å². The number of rotatable bonds is 4. The topological polar surface area (TPSA) is 96.7 Å². The lowest BCUT2D eigenvalue weighted by Crippen LogP contribution is -2.36. The minimum Gasteiger partial charge on any atom is -0.493 e. The number of anilines is 1. The molecule has 1 aliphatic carbocycles. The minimum atomic E-state index is -0.206. The lowest BCUT2D eigenvalue weighted by atomic mass is 10.1. The Morgan fingerprint density at radius 3 is 2.94 bits per heavy atom. The van der Waals surface area contributed by atoms with E-state index in [1.807, 2.05) is 18.2 Å². The maximum atomic E-state index is 13.1. The van der Waals surface area contributed by atoms with Gasteiger partial charge in [-0.3, -0.25) is 10.1 Å². The van der Waals surface area contributed by atoms with Crippen LogP contribution in [0.1, 0.15) is 46.8 Å². The summed E-state index contributed by atoms with van der Waals surface area (Å²) in [4.78, 5) is 32.6. The lowest BCUT2D eigenvalue weighted by Gasteiger charge is -2.25. The molecule has 9 heteroatoms. The molecule has 0 atom stereocenters. The quantitative estimate of drug-likeness (QED) is 0.635. The summed E-state index contributed by atoms with van der Waals surface area (Å²) in [5.74, 6) is 0.735. The number of benzene rings is 1. The third kappa shape index (κ3) is 3.97. The standard InChI is InChI=1S/C22H24N4O4S/c1-29-16-8-4-5-13-11-17(30-19(13)16)20(27)26-10-9-15-18(12-26)31-22(24-15)25-21(28)23-14-6-2-3-7-14/h4-5,8,11,14H,2-3,6-7,9-10,12H2,1H3,(H2,23,24,25,28). The molecule has 0 bridgehead atoms. The van der Waals surface area contributed by atoms with Crippen molar-refractivity contribution in [1.82, 2.24) is 15.2 Å². The van der Waals surface area contributed by atoms with Crippen molar-refractivity contribution in [2.24, 2.45) is 0 Å². The number of hydrogen-bond acceptors (Lipinski definition) is 6. The number of nitrogens with zero attached hydrogens (tertiary/aromatic N) is 2. The Bertz CT molecular complexity index is 1130. The Kier molecular flexibility index (Phi) is 5.27. The number of urea groups is 1. The van der Waals surface area contributed by atoms with Gasteiger partial charge in [-0.2, -0.15) is 0 Å². The number of thiazole rings is 1. The monoisotopic (exact) mass is 440 g/mol. The van der Waals surface area contributed by atoms with Gasteiger partial charge in [-0.1, -0.05) is 36.3 Å². The van der Waals surface area contributed by atoms with Gasteiger partial charge in [0.05, 0.1) is 19.3 Å². The Balaban J connectivity index is 1.27. The smallest absolute Gasteiger partial charge is 0.321 e. The summed E-state index contributed by atoms with van der Waals surface area (Å²) in [5, 5.41) is 7.27. The van der Waals surface area contributed by atoms with Crippen LogP contribution in [-0.4, -0.2) is 41.5 Å². The van der Waals surface area contributed by atoms with Gasteiger partial charge >= 0.3 is 6.03 Å². The molecule has 8 nitrogen and oxygen atoms in total. The summed E-state index contributed by atoms with van der Waals surface area (Å²) in [6.07, 6.45) is 5.04. The molecule has 5 rings (SSSR count). The van der Waals surface area contributed by atoms with Crippen LogP contribution in [-0.2, 0) is 13.0 Å². The van der Waals surface area contributed by atoms with Crippen molar-refractivity contribution in [3.05, 3.63) is 40.6 Å². The van der Waals surface area contributed by atoms with Crippen molar-refractivity contribution in [2.45, 2.75) is 44.7 Å². The zero-order valence-corrected chi connectivity index (χ0v) is 18.1. The lowest BCUT2D eigenvalue weighted by molar-refractivity contribution is 0.0706. The largest absolute Gasteiger partial charge is 0.493 e. The highest BCUT2D eigenvalue weighted by molar-refractivity contribution is 7.15. The minimum absolute atomic E-state index is 0.161. The van der Waals surface area contributed by atoms with Gasteiger partial charge in [-0.15, -0.1) is 0 Å². The maximum Gasteiger partial charge on any atom is 0.321 e. The summed E-state index contributed by atoms with van der Waals surface area (Å²) in [6.45, 7) is 1.00. The first-order valence-corrected chi connectivity index (χ1v) is 11.3. The molecule has 1 aliphatic heterocycles. The summed E-state index contributed by atoms with van der Waals surface area (Å²) >= 11 is 1.42. The Morgan fingerprint density at radius 1 is 1.29 bits per heavy atom. The van der Waals surface area contributed by atoms with Gasteiger partial charge in [0.15, 0.2) is 22.2 Å². The van der Waals surface area contributed by atoms with Crippen LogP contribution in [0.4, 0.5) is 9.93 Å². The molecule has 2 N–H and O–H groups in total. The summed E-state index contributed by atoms with van der Waals surface area (Å²) < 4.78 is 11.1. The SMILES string of the molecule is COc1cccc2cc(C(=O)N3CCc4nc(NC(=O)NC5CCCC5)sc4C3)oc12. The molecule has 0 spiro atoms. The third-order valence-electron chi connectivity index (χ3n) is 5.87. The number of furan rings is 1. The van der Waals surface area contributed by atoms with E-state index >= 15 is 0 Å². The van der Waals surface area contributed by atoms with E-state index in [0.29, 0.717) is 41.7 Å². The van der Waals surface area contributed by atoms with Crippen molar-refractivity contribution in [2.75, 3.05) is 19.0 Å². The molecule has 31 heavy (non-hydrogen) atoms. The van der Waals surface area contributed by atoms with Crippen LogP contribution < -0.4 is 15.4 Å².